The molecule has 2 aromatic rings. The summed E-state index contributed by atoms with van der Waals surface area (Å²) in [5.74, 6) is 0.840. The van der Waals surface area contributed by atoms with Crippen LogP contribution in [-0.2, 0) is 16.6 Å². The zero-order valence-corrected chi connectivity index (χ0v) is 11.7. The van der Waals surface area contributed by atoms with E-state index in [9.17, 15) is 4.21 Å². The van der Waals surface area contributed by atoms with Crippen molar-refractivity contribution < 1.29 is 8.95 Å². The number of nitrogens with zero attached hydrogens (tertiary/aromatic N) is 1. The van der Waals surface area contributed by atoms with Gasteiger partial charge in [-0.2, -0.15) is 0 Å². The number of hydrogen-bond donors (Lipinski definition) is 1. The highest BCUT2D eigenvalue weighted by Crippen LogP contribution is 2.24. The lowest BCUT2D eigenvalue weighted by atomic mass is 10.2. The second-order valence-corrected chi connectivity index (χ2v) is 5.57. The SMILES string of the molecule is COc1ncccc1CS(=O)c1cccc(C)c1N. The number of rotatable bonds is 4. The maximum Gasteiger partial charge on any atom is 0.217 e. The summed E-state index contributed by atoms with van der Waals surface area (Å²) in [4.78, 5) is 4.75. The topological polar surface area (TPSA) is 65.2 Å². The lowest BCUT2D eigenvalue weighted by Crippen LogP contribution is -2.04. The van der Waals surface area contributed by atoms with E-state index < -0.39 is 10.8 Å². The van der Waals surface area contributed by atoms with Gasteiger partial charge in [0.25, 0.3) is 0 Å². The molecule has 5 heteroatoms. The Morgan fingerprint density at radius 3 is 2.84 bits per heavy atom. The van der Waals surface area contributed by atoms with E-state index in [1.807, 2.05) is 25.1 Å². The van der Waals surface area contributed by atoms with E-state index in [1.165, 1.54) is 0 Å². The molecular weight excluding hydrogens is 260 g/mol. The maximum absolute atomic E-state index is 12.4. The molecule has 0 radical (unpaired) electrons. The molecule has 4 nitrogen and oxygen atoms in total. The third-order valence-electron chi connectivity index (χ3n) is 2.86. The second kappa shape index (κ2) is 5.84. The van der Waals surface area contributed by atoms with Crippen LogP contribution < -0.4 is 10.5 Å². The lowest BCUT2D eigenvalue weighted by molar-refractivity contribution is 0.394. The third-order valence-corrected chi connectivity index (χ3v) is 4.28. The fraction of sp³-hybridized carbons (Fsp3) is 0.214. The summed E-state index contributed by atoms with van der Waals surface area (Å²) >= 11 is 0. The summed E-state index contributed by atoms with van der Waals surface area (Å²) in [5, 5.41) is 0. The molecule has 19 heavy (non-hydrogen) atoms. The number of hydrogen-bond acceptors (Lipinski definition) is 4. The molecule has 0 aliphatic rings. The minimum absolute atomic E-state index is 0.338. The van der Waals surface area contributed by atoms with Crippen molar-refractivity contribution in [3.8, 4) is 5.88 Å². The zero-order valence-electron chi connectivity index (χ0n) is 10.9. The fourth-order valence-electron chi connectivity index (χ4n) is 1.79. The van der Waals surface area contributed by atoms with Crippen LogP contribution in [0.1, 0.15) is 11.1 Å². The van der Waals surface area contributed by atoms with E-state index in [0.29, 0.717) is 22.2 Å². The third kappa shape index (κ3) is 2.93. The summed E-state index contributed by atoms with van der Waals surface area (Å²) in [6.07, 6.45) is 1.65. The molecule has 1 atom stereocenters. The maximum atomic E-state index is 12.4. The summed E-state index contributed by atoms with van der Waals surface area (Å²) in [6, 6.07) is 9.21. The van der Waals surface area contributed by atoms with Crippen LogP contribution in [0.4, 0.5) is 5.69 Å². The zero-order chi connectivity index (χ0) is 13.8. The summed E-state index contributed by atoms with van der Waals surface area (Å²) in [5.41, 5.74) is 8.30. The first-order valence-corrected chi connectivity index (χ1v) is 7.16. The number of nitrogen functional groups attached to an aromatic ring is 1. The normalized spacial score (nSPS) is 12.1. The van der Waals surface area contributed by atoms with Gasteiger partial charge in [-0.25, -0.2) is 4.98 Å². The van der Waals surface area contributed by atoms with E-state index in [1.54, 1.807) is 25.4 Å². The fourth-order valence-corrected chi connectivity index (χ4v) is 3.08. The van der Waals surface area contributed by atoms with Crippen LogP contribution >= 0.6 is 0 Å². The van der Waals surface area contributed by atoms with Gasteiger partial charge >= 0.3 is 0 Å². The van der Waals surface area contributed by atoms with Gasteiger partial charge in [0.1, 0.15) is 0 Å². The molecule has 0 aliphatic heterocycles. The highest BCUT2D eigenvalue weighted by atomic mass is 32.2. The molecule has 0 amide bonds. The molecule has 0 spiro atoms. The molecule has 0 bridgehead atoms. The number of anilines is 1. The van der Waals surface area contributed by atoms with Gasteiger partial charge in [0.15, 0.2) is 0 Å². The van der Waals surface area contributed by atoms with Crippen LogP contribution in [0, 0.1) is 6.92 Å². The van der Waals surface area contributed by atoms with Crippen molar-refractivity contribution in [3.05, 3.63) is 47.7 Å². The van der Waals surface area contributed by atoms with Crippen LogP contribution in [-0.4, -0.2) is 16.3 Å². The van der Waals surface area contributed by atoms with Crippen LogP contribution in [0.2, 0.25) is 0 Å². The Morgan fingerprint density at radius 2 is 2.11 bits per heavy atom. The minimum atomic E-state index is -1.21. The smallest absolute Gasteiger partial charge is 0.217 e. The summed E-state index contributed by atoms with van der Waals surface area (Å²) < 4.78 is 17.6. The first kappa shape index (κ1) is 13.5. The number of nitrogens with two attached hydrogens (primary N) is 1. The number of benzene rings is 1. The Morgan fingerprint density at radius 1 is 1.32 bits per heavy atom. The summed E-state index contributed by atoms with van der Waals surface area (Å²) in [6.45, 7) is 1.90. The van der Waals surface area contributed by atoms with Crippen molar-refractivity contribution in [2.24, 2.45) is 0 Å². The molecule has 0 fully saturated rings. The number of pyridine rings is 1. The predicted octanol–water partition coefficient (Wildman–Crippen LogP) is 2.29. The van der Waals surface area contributed by atoms with Crippen molar-refractivity contribution in [1.82, 2.24) is 4.98 Å². The van der Waals surface area contributed by atoms with E-state index in [2.05, 4.69) is 4.98 Å². The van der Waals surface area contributed by atoms with Crippen LogP contribution in [0.25, 0.3) is 0 Å². The number of aryl methyl sites for hydroxylation is 1. The quantitative estimate of drug-likeness (QED) is 0.870. The van der Waals surface area contributed by atoms with E-state index in [0.717, 1.165) is 11.1 Å². The molecule has 2 rings (SSSR count). The minimum Gasteiger partial charge on any atom is -0.481 e. The Labute approximate surface area is 115 Å². The van der Waals surface area contributed by atoms with E-state index >= 15 is 0 Å². The molecular formula is C14H16N2O2S. The molecule has 0 saturated heterocycles. The van der Waals surface area contributed by atoms with E-state index in [4.69, 9.17) is 10.5 Å². The molecule has 1 heterocycles. The molecule has 2 N–H and O–H groups in total. The lowest BCUT2D eigenvalue weighted by Gasteiger charge is -2.10. The summed E-state index contributed by atoms with van der Waals surface area (Å²) in [7, 11) is 0.338. The Bertz CT molecular complexity index is 614. The van der Waals surface area contributed by atoms with Gasteiger partial charge in [-0.3, -0.25) is 4.21 Å². The number of para-hydroxylation sites is 1. The number of ether oxygens (including phenoxy) is 1. The highest BCUT2D eigenvalue weighted by Gasteiger charge is 2.13. The monoisotopic (exact) mass is 276 g/mol. The first-order valence-electron chi connectivity index (χ1n) is 5.85. The average molecular weight is 276 g/mol. The Kier molecular flexibility index (Phi) is 4.16. The molecule has 1 unspecified atom stereocenters. The number of methoxy groups -OCH3 is 1. The van der Waals surface area contributed by atoms with Crippen molar-refractivity contribution in [2.75, 3.05) is 12.8 Å². The van der Waals surface area contributed by atoms with Crippen molar-refractivity contribution >= 4 is 16.5 Å². The molecule has 0 saturated carbocycles. The average Bonchev–Trinajstić information content (AvgIpc) is 2.42. The largest absolute Gasteiger partial charge is 0.481 e. The second-order valence-electron chi connectivity index (χ2n) is 4.15. The van der Waals surface area contributed by atoms with Gasteiger partial charge in [0.2, 0.25) is 5.88 Å². The van der Waals surface area contributed by atoms with Gasteiger partial charge in [-0.1, -0.05) is 18.2 Å². The molecule has 1 aromatic heterocycles. The predicted molar refractivity (Wildman–Crippen MR) is 76.5 cm³/mol. The van der Waals surface area contributed by atoms with Gasteiger partial charge < -0.3 is 10.5 Å². The van der Waals surface area contributed by atoms with Crippen LogP contribution in [0.15, 0.2) is 41.4 Å². The van der Waals surface area contributed by atoms with Crippen LogP contribution in [0.3, 0.4) is 0 Å². The van der Waals surface area contributed by atoms with Gasteiger partial charge in [0, 0.05) is 11.8 Å². The van der Waals surface area contributed by atoms with Gasteiger partial charge in [0.05, 0.1) is 34.2 Å². The number of aromatic nitrogens is 1. The Hall–Kier alpha value is -1.88. The molecule has 100 valence electrons. The van der Waals surface area contributed by atoms with Gasteiger partial charge in [-0.05, 0) is 24.6 Å². The highest BCUT2D eigenvalue weighted by molar-refractivity contribution is 7.84. The Balaban J connectivity index is 2.28. The van der Waals surface area contributed by atoms with Crippen molar-refractivity contribution in [2.45, 2.75) is 17.6 Å². The van der Waals surface area contributed by atoms with Gasteiger partial charge in [-0.15, -0.1) is 0 Å². The van der Waals surface area contributed by atoms with E-state index in [-0.39, 0.29) is 0 Å². The first-order chi connectivity index (χ1) is 9.13. The van der Waals surface area contributed by atoms with Crippen molar-refractivity contribution in [3.63, 3.8) is 0 Å². The molecule has 1 aromatic carbocycles. The van der Waals surface area contributed by atoms with Crippen molar-refractivity contribution in [1.29, 1.82) is 0 Å². The standard InChI is InChI=1S/C14H16N2O2S/c1-10-5-3-7-12(13(10)15)19(17)9-11-6-4-8-16-14(11)18-2/h3-8H,9,15H2,1-2H3. The van der Waals surface area contributed by atoms with Crippen LogP contribution in [0.5, 0.6) is 5.88 Å². The molecule has 0 aliphatic carbocycles.